The molecule has 2 heteroatoms. The van der Waals surface area contributed by atoms with E-state index in [1.54, 1.807) is 0 Å². The van der Waals surface area contributed by atoms with Gasteiger partial charge in [0.1, 0.15) is 11.5 Å². The highest BCUT2D eigenvalue weighted by Crippen LogP contribution is 2.30. The summed E-state index contributed by atoms with van der Waals surface area (Å²) in [4.78, 5) is 0. The molecule has 2 aromatic rings. The minimum absolute atomic E-state index is 0.758. The first-order chi connectivity index (χ1) is 10.3. The number of rotatable bonds is 4. The third kappa shape index (κ3) is 4.71. The maximum atomic E-state index is 5.94. The summed E-state index contributed by atoms with van der Waals surface area (Å²) >= 11 is 3.48. The van der Waals surface area contributed by atoms with E-state index in [0.717, 1.165) is 40.8 Å². The van der Waals surface area contributed by atoms with E-state index in [-0.39, 0.29) is 0 Å². The standard InChI is InChI=1S/C19H15BrO/c1-2-3-4-5-6-11-16-12-7-9-14-18(16)21-19-15-10-8-13-17(19)20/h1,7-10,12-15H,3-5H2. The van der Waals surface area contributed by atoms with Gasteiger partial charge in [0.05, 0.1) is 10.0 Å². The Bertz CT molecular complexity index is 701. The highest BCUT2D eigenvalue weighted by molar-refractivity contribution is 9.10. The molecule has 0 amide bonds. The van der Waals surface area contributed by atoms with Gasteiger partial charge >= 0.3 is 0 Å². The zero-order valence-electron chi connectivity index (χ0n) is 11.6. The van der Waals surface area contributed by atoms with Crippen LogP contribution in [0.25, 0.3) is 0 Å². The van der Waals surface area contributed by atoms with E-state index in [2.05, 4.69) is 33.7 Å². The van der Waals surface area contributed by atoms with Gasteiger partial charge in [-0.3, -0.25) is 0 Å². The smallest absolute Gasteiger partial charge is 0.143 e. The number of terminal acetylenes is 1. The lowest BCUT2D eigenvalue weighted by molar-refractivity contribution is 0.478. The van der Waals surface area contributed by atoms with E-state index in [1.165, 1.54) is 0 Å². The third-order valence-corrected chi connectivity index (χ3v) is 3.44. The molecule has 0 aliphatic rings. The number of halogens is 1. The molecule has 0 aliphatic carbocycles. The Balaban J connectivity index is 2.14. The Kier molecular flexibility index (Phi) is 5.95. The van der Waals surface area contributed by atoms with Crippen LogP contribution in [0.4, 0.5) is 0 Å². The van der Waals surface area contributed by atoms with Gasteiger partial charge in [-0.15, -0.1) is 12.3 Å². The average Bonchev–Trinajstić information content (AvgIpc) is 2.51. The Morgan fingerprint density at radius 1 is 0.952 bits per heavy atom. The lowest BCUT2D eigenvalue weighted by Crippen LogP contribution is -1.88. The van der Waals surface area contributed by atoms with Crippen molar-refractivity contribution in [2.45, 2.75) is 19.3 Å². The summed E-state index contributed by atoms with van der Waals surface area (Å²) in [7, 11) is 0. The molecule has 0 aliphatic heterocycles. The maximum Gasteiger partial charge on any atom is 0.143 e. The van der Waals surface area contributed by atoms with Crippen LogP contribution in [0.1, 0.15) is 24.8 Å². The van der Waals surface area contributed by atoms with Crippen LogP contribution in [0.3, 0.4) is 0 Å². The summed E-state index contributed by atoms with van der Waals surface area (Å²) in [5.41, 5.74) is 0.883. The van der Waals surface area contributed by atoms with Gasteiger partial charge in [-0.2, -0.15) is 0 Å². The Morgan fingerprint density at radius 3 is 2.43 bits per heavy atom. The lowest BCUT2D eigenvalue weighted by Gasteiger charge is -2.09. The molecule has 0 fully saturated rings. The minimum atomic E-state index is 0.758. The molecule has 2 rings (SSSR count). The second-order valence-corrected chi connectivity index (χ2v) is 5.24. The molecule has 0 bridgehead atoms. The summed E-state index contributed by atoms with van der Waals surface area (Å²) in [6.07, 6.45) is 7.72. The number of hydrogen-bond donors (Lipinski definition) is 0. The predicted molar refractivity (Wildman–Crippen MR) is 90.2 cm³/mol. The summed E-state index contributed by atoms with van der Waals surface area (Å²) in [5, 5.41) is 0. The third-order valence-electron chi connectivity index (χ3n) is 2.79. The Hall–Kier alpha value is -2.16. The van der Waals surface area contributed by atoms with Gasteiger partial charge in [0.25, 0.3) is 0 Å². The highest BCUT2D eigenvalue weighted by atomic mass is 79.9. The molecule has 0 radical (unpaired) electrons. The van der Waals surface area contributed by atoms with Gasteiger partial charge in [-0.05, 0) is 46.6 Å². The van der Waals surface area contributed by atoms with Crippen LogP contribution < -0.4 is 4.74 Å². The van der Waals surface area contributed by atoms with Crippen molar-refractivity contribution in [2.24, 2.45) is 0 Å². The molecule has 2 aromatic carbocycles. The van der Waals surface area contributed by atoms with Crippen molar-refractivity contribution in [3.8, 4) is 35.7 Å². The van der Waals surface area contributed by atoms with Crippen LogP contribution in [0, 0.1) is 24.2 Å². The number of ether oxygens (including phenoxy) is 1. The summed E-state index contributed by atoms with van der Waals surface area (Å²) in [6, 6.07) is 15.5. The van der Waals surface area contributed by atoms with Crippen LogP contribution >= 0.6 is 15.9 Å². The highest BCUT2D eigenvalue weighted by Gasteiger charge is 2.04. The number of unbranched alkanes of at least 4 members (excludes halogenated alkanes) is 2. The van der Waals surface area contributed by atoms with E-state index in [0.29, 0.717) is 0 Å². The van der Waals surface area contributed by atoms with Gasteiger partial charge in [0.2, 0.25) is 0 Å². The first kappa shape index (κ1) is 15.2. The molecule has 0 aromatic heterocycles. The molecule has 0 saturated carbocycles. The van der Waals surface area contributed by atoms with Crippen molar-refractivity contribution in [2.75, 3.05) is 0 Å². The summed E-state index contributed by atoms with van der Waals surface area (Å²) < 4.78 is 6.86. The summed E-state index contributed by atoms with van der Waals surface area (Å²) in [6.45, 7) is 0. The lowest BCUT2D eigenvalue weighted by atomic mass is 10.2. The molecule has 0 spiro atoms. The van der Waals surface area contributed by atoms with Crippen molar-refractivity contribution >= 4 is 15.9 Å². The monoisotopic (exact) mass is 338 g/mol. The molecule has 104 valence electrons. The zero-order valence-corrected chi connectivity index (χ0v) is 13.2. The number of benzene rings is 2. The van der Waals surface area contributed by atoms with E-state index in [9.17, 15) is 0 Å². The summed E-state index contributed by atoms with van der Waals surface area (Å²) in [5.74, 6) is 10.4. The van der Waals surface area contributed by atoms with E-state index in [1.807, 2.05) is 48.5 Å². The maximum absolute atomic E-state index is 5.94. The molecule has 1 nitrogen and oxygen atoms in total. The van der Waals surface area contributed by atoms with Gasteiger partial charge in [0, 0.05) is 12.8 Å². The fraction of sp³-hybridized carbons (Fsp3) is 0.158. The molecular formula is C19H15BrO. The topological polar surface area (TPSA) is 9.23 Å². The van der Waals surface area contributed by atoms with Gasteiger partial charge in [-0.25, -0.2) is 0 Å². The first-order valence-electron chi connectivity index (χ1n) is 6.75. The van der Waals surface area contributed by atoms with Crippen LogP contribution in [0.15, 0.2) is 53.0 Å². The molecular weight excluding hydrogens is 324 g/mol. The van der Waals surface area contributed by atoms with E-state index < -0.39 is 0 Å². The average molecular weight is 339 g/mol. The predicted octanol–water partition coefficient (Wildman–Crippen LogP) is 5.40. The second-order valence-electron chi connectivity index (χ2n) is 4.39. The molecule has 0 saturated heterocycles. The zero-order chi connectivity index (χ0) is 14.9. The van der Waals surface area contributed by atoms with Gasteiger partial charge in [-0.1, -0.05) is 36.1 Å². The Labute approximate surface area is 134 Å². The Morgan fingerprint density at radius 2 is 1.67 bits per heavy atom. The molecule has 0 heterocycles. The van der Waals surface area contributed by atoms with Crippen molar-refractivity contribution in [3.63, 3.8) is 0 Å². The van der Waals surface area contributed by atoms with Crippen molar-refractivity contribution in [1.29, 1.82) is 0 Å². The second kappa shape index (κ2) is 8.20. The molecule has 0 unspecified atom stereocenters. The first-order valence-corrected chi connectivity index (χ1v) is 7.54. The van der Waals surface area contributed by atoms with Gasteiger partial charge in [0.15, 0.2) is 0 Å². The number of hydrogen-bond acceptors (Lipinski definition) is 1. The van der Waals surface area contributed by atoms with E-state index in [4.69, 9.17) is 11.2 Å². The fourth-order valence-electron chi connectivity index (χ4n) is 1.74. The van der Waals surface area contributed by atoms with Crippen LogP contribution in [-0.2, 0) is 0 Å². The molecule has 0 N–H and O–H groups in total. The van der Waals surface area contributed by atoms with Crippen LogP contribution in [0.2, 0.25) is 0 Å². The SMILES string of the molecule is C#CCCCC#Cc1ccccc1Oc1ccccc1Br. The van der Waals surface area contributed by atoms with E-state index >= 15 is 0 Å². The molecule has 21 heavy (non-hydrogen) atoms. The quantitative estimate of drug-likeness (QED) is 0.536. The van der Waals surface area contributed by atoms with Crippen LogP contribution in [0.5, 0.6) is 11.5 Å². The normalized spacial score (nSPS) is 9.33. The van der Waals surface area contributed by atoms with Crippen molar-refractivity contribution < 1.29 is 4.74 Å². The minimum Gasteiger partial charge on any atom is -0.455 e. The van der Waals surface area contributed by atoms with Crippen LogP contribution in [-0.4, -0.2) is 0 Å². The molecule has 0 atom stereocenters. The van der Waals surface area contributed by atoms with Crippen molar-refractivity contribution in [3.05, 3.63) is 58.6 Å². The van der Waals surface area contributed by atoms with Gasteiger partial charge < -0.3 is 4.74 Å². The number of para-hydroxylation sites is 2. The fourth-order valence-corrected chi connectivity index (χ4v) is 2.11. The largest absolute Gasteiger partial charge is 0.455 e. The van der Waals surface area contributed by atoms with Crippen molar-refractivity contribution in [1.82, 2.24) is 0 Å².